The summed E-state index contributed by atoms with van der Waals surface area (Å²) < 4.78 is 6.06. The van der Waals surface area contributed by atoms with E-state index < -0.39 is 0 Å². The van der Waals surface area contributed by atoms with Crippen molar-refractivity contribution in [2.24, 2.45) is 0 Å². The molecule has 0 unspecified atom stereocenters. The molecule has 2 rings (SSSR count). The number of aryl methyl sites for hydroxylation is 2. The van der Waals surface area contributed by atoms with Gasteiger partial charge in [-0.15, -0.1) is 0 Å². The highest BCUT2D eigenvalue weighted by Crippen LogP contribution is 2.33. The van der Waals surface area contributed by atoms with Crippen LogP contribution in [0.1, 0.15) is 22.3 Å². The molecule has 0 fully saturated rings. The van der Waals surface area contributed by atoms with Crippen molar-refractivity contribution in [3.05, 3.63) is 57.6 Å². The molecule has 0 aromatic heterocycles. The Labute approximate surface area is 127 Å². The summed E-state index contributed by atoms with van der Waals surface area (Å²) in [4.78, 5) is 0. The minimum atomic E-state index is 0.682. The summed E-state index contributed by atoms with van der Waals surface area (Å²) in [5.41, 5.74) is 4.67. The van der Waals surface area contributed by atoms with Crippen molar-refractivity contribution in [2.45, 2.75) is 26.1 Å². The van der Waals surface area contributed by atoms with E-state index in [1.165, 1.54) is 11.1 Å². The van der Waals surface area contributed by atoms with Gasteiger partial charge in [-0.25, -0.2) is 0 Å². The highest BCUT2D eigenvalue weighted by atomic mass is 79.9. The lowest BCUT2D eigenvalue weighted by molar-refractivity contribution is 0.474. The average Bonchev–Trinajstić information content (AvgIpc) is 2.35. The molecule has 0 amide bonds. The molecule has 0 spiro atoms. The molecule has 0 aliphatic carbocycles. The molecule has 2 aromatic carbocycles. The van der Waals surface area contributed by atoms with Crippen molar-refractivity contribution in [3.63, 3.8) is 0 Å². The van der Waals surface area contributed by atoms with E-state index in [-0.39, 0.29) is 0 Å². The number of benzene rings is 2. The van der Waals surface area contributed by atoms with E-state index in [4.69, 9.17) is 16.3 Å². The zero-order chi connectivity index (χ0) is 14.0. The maximum atomic E-state index is 6.06. The van der Waals surface area contributed by atoms with Crippen LogP contribution in [0.5, 0.6) is 11.5 Å². The third kappa shape index (κ3) is 3.31. The Morgan fingerprint density at radius 2 is 1.79 bits per heavy atom. The molecule has 19 heavy (non-hydrogen) atoms. The molecule has 0 bridgehead atoms. The largest absolute Gasteiger partial charge is 0.457 e. The molecule has 0 aliphatic rings. The smallest absolute Gasteiger partial charge is 0.132 e. The Hall–Kier alpha value is -0.990. The van der Waals surface area contributed by atoms with Gasteiger partial charge < -0.3 is 4.74 Å². The van der Waals surface area contributed by atoms with Crippen LogP contribution in [0.3, 0.4) is 0 Å². The maximum Gasteiger partial charge on any atom is 0.132 e. The van der Waals surface area contributed by atoms with Crippen LogP contribution in [-0.4, -0.2) is 0 Å². The van der Waals surface area contributed by atoms with Gasteiger partial charge in [0, 0.05) is 15.9 Å². The minimum absolute atomic E-state index is 0.682. The predicted octanol–water partition coefficient (Wildman–Crippen LogP) is 5.95. The van der Waals surface area contributed by atoms with Crippen molar-refractivity contribution in [1.29, 1.82) is 0 Å². The highest BCUT2D eigenvalue weighted by molar-refractivity contribution is 9.08. The van der Waals surface area contributed by atoms with Gasteiger partial charge in [-0.1, -0.05) is 39.7 Å². The first-order valence-electron chi connectivity index (χ1n) is 6.11. The second kappa shape index (κ2) is 5.98. The topological polar surface area (TPSA) is 9.23 Å². The lowest BCUT2D eigenvalue weighted by Crippen LogP contribution is -1.94. The fraction of sp³-hybridized carbons (Fsp3) is 0.250. The van der Waals surface area contributed by atoms with Crippen LogP contribution >= 0.6 is 27.5 Å². The van der Waals surface area contributed by atoms with E-state index in [2.05, 4.69) is 48.8 Å². The van der Waals surface area contributed by atoms with Crippen LogP contribution in [0.4, 0.5) is 0 Å². The van der Waals surface area contributed by atoms with Gasteiger partial charge in [0.25, 0.3) is 0 Å². The Balaban J connectivity index is 2.44. The first-order valence-corrected chi connectivity index (χ1v) is 7.61. The van der Waals surface area contributed by atoms with E-state index in [9.17, 15) is 0 Å². The summed E-state index contributed by atoms with van der Waals surface area (Å²) in [6, 6.07) is 9.92. The Bertz CT molecular complexity index is 608. The van der Waals surface area contributed by atoms with Crippen LogP contribution in [0.25, 0.3) is 0 Å². The molecule has 0 heterocycles. The molecule has 0 atom stereocenters. The van der Waals surface area contributed by atoms with Crippen LogP contribution < -0.4 is 4.74 Å². The van der Waals surface area contributed by atoms with Gasteiger partial charge >= 0.3 is 0 Å². The van der Waals surface area contributed by atoms with Crippen LogP contribution in [0.15, 0.2) is 30.3 Å². The van der Waals surface area contributed by atoms with E-state index in [1.54, 1.807) is 0 Å². The third-order valence-corrected chi connectivity index (χ3v) is 4.00. The maximum absolute atomic E-state index is 6.06. The Morgan fingerprint density at radius 1 is 1.05 bits per heavy atom. The number of halogens is 2. The molecule has 100 valence electrons. The number of hydrogen-bond acceptors (Lipinski definition) is 1. The molecular weight excluding hydrogens is 324 g/mol. The number of hydrogen-bond donors (Lipinski definition) is 0. The fourth-order valence-electron chi connectivity index (χ4n) is 1.96. The van der Waals surface area contributed by atoms with Gasteiger partial charge in [0.05, 0.1) is 0 Å². The predicted molar refractivity (Wildman–Crippen MR) is 84.8 cm³/mol. The lowest BCUT2D eigenvalue weighted by atomic mass is 10.1. The van der Waals surface area contributed by atoms with Gasteiger partial charge in [-0.2, -0.15) is 0 Å². The quantitative estimate of drug-likeness (QED) is 0.628. The summed E-state index contributed by atoms with van der Waals surface area (Å²) in [5.74, 6) is 1.69. The van der Waals surface area contributed by atoms with E-state index in [0.717, 1.165) is 28.0 Å². The van der Waals surface area contributed by atoms with Crippen LogP contribution in [0, 0.1) is 20.8 Å². The Kier molecular flexibility index (Phi) is 4.54. The van der Waals surface area contributed by atoms with Gasteiger partial charge in [0.15, 0.2) is 0 Å². The molecule has 0 aliphatic heterocycles. The molecule has 0 saturated carbocycles. The van der Waals surface area contributed by atoms with Crippen molar-refractivity contribution in [2.75, 3.05) is 0 Å². The molecular formula is C16H16BrClO. The molecule has 3 heteroatoms. The summed E-state index contributed by atoms with van der Waals surface area (Å²) >= 11 is 9.52. The van der Waals surface area contributed by atoms with Gasteiger partial charge in [0.1, 0.15) is 11.5 Å². The van der Waals surface area contributed by atoms with Crippen LogP contribution in [0.2, 0.25) is 5.02 Å². The number of rotatable bonds is 3. The molecule has 0 radical (unpaired) electrons. The van der Waals surface area contributed by atoms with Gasteiger partial charge in [0.2, 0.25) is 0 Å². The van der Waals surface area contributed by atoms with Crippen molar-refractivity contribution in [1.82, 2.24) is 0 Å². The standard InChI is InChI=1S/C16H16BrClO/c1-10-6-11(2)12(3)15(7-10)19-16-8-14(18)5-4-13(16)9-17/h4-8H,9H2,1-3H3. The SMILES string of the molecule is Cc1cc(C)c(C)c(Oc2cc(Cl)ccc2CBr)c1. The normalized spacial score (nSPS) is 10.6. The average molecular weight is 340 g/mol. The van der Waals surface area contributed by atoms with Crippen LogP contribution in [-0.2, 0) is 5.33 Å². The zero-order valence-electron chi connectivity index (χ0n) is 11.3. The summed E-state index contributed by atoms with van der Waals surface area (Å²) in [7, 11) is 0. The third-order valence-electron chi connectivity index (χ3n) is 3.16. The zero-order valence-corrected chi connectivity index (χ0v) is 13.6. The number of ether oxygens (including phenoxy) is 1. The summed E-state index contributed by atoms with van der Waals surface area (Å²) in [6.07, 6.45) is 0. The second-order valence-electron chi connectivity index (χ2n) is 4.69. The van der Waals surface area contributed by atoms with E-state index in [1.807, 2.05) is 18.2 Å². The monoisotopic (exact) mass is 338 g/mol. The van der Waals surface area contributed by atoms with Crippen molar-refractivity contribution in [3.8, 4) is 11.5 Å². The fourth-order valence-corrected chi connectivity index (χ4v) is 2.58. The molecule has 1 nitrogen and oxygen atoms in total. The highest BCUT2D eigenvalue weighted by Gasteiger charge is 2.09. The number of alkyl halides is 1. The Morgan fingerprint density at radius 3 is 2.47 bits per heavy atom. The lowest BCUT2D eigenvalue weighted by Gasteiger charge is -2.14. The summed E-state index contributed by atoms with van der Waals surface area (Å²) in [6.45, 7) is 6.24. The first-order chi connectivity index (χ1) is 9.01. The van der Waals surface area contributed by atoms with Crippen molar-refractivity contribution >= 4 is 27.5 Å². The van der Waals surface area contributed by atoms with Gasteiger partial charge in [-0.05, 0) is 55.7 Å². The molecule has 0 saturated heterocycles. The second-order valence-corrected chi connectivity index (χ2v) is 5.69. The minimum Gasteiger partial charge on any atom is -0.457 e. The van der Waals surface area contributed by atoms with Crippen molar-refractivity contribution < 1.29 is 4.74 Å². The van der Waals surface area contributed by atoms with E-state index >= 15 is 0 Å². The summed E-state index contributed by atoms with van der Waals surface area (Å²) in [5, 5.41) is 1.42. The first kappa shape index (κ1) is 14.4. The van der Waals surface area contributed by atoms with E-state index in [0.29, 0.717) is 5.02 Å². The molecule has 2 aromatic rings. The molecule has 0 N–H and O–H groups in total. The van der Waals surface area contributed by atoms with Gasteiger partial charge in [-0.3, -0.25) is 0 Å².